The molecule has 18 heteroatoms. The minimum Gasteiger partial charge on any atom is -0.465 e. The van der Waals surface area contributed by atoms with Crippen molar-refractivity contribution in [2.45, 2.75) is 35.8 Å². The highest BCUT2D eigenvalue weighted by molar-refractivity contribution is 7.15. The third-order valence-electron chi connectivity index (χ3n) is 4.71. The zero-order valence-corrected chi connectivity index (χ0v) is 18.3. The molecule has 0 saturated carbocycles. The van der Waals surface area contributed by atoms with Gasteiger partial charge in [0.05, 0.1) is 7.11 Å². The molecule has 0 fully saturated rings. The smallest absolute Gasteiger partial charge is 0.460 e. The van der Waals surface area contributed by atoms with E-state index in [4.69, 9.17) is 0 Å². The van der Waals surface area contributed by atoms with Crippen LogP contribution in [-0.4, -0.2) is 54.8 Å². The van der Waals surface area contributed by atoms with E-state index < -0.39 is 58.2 Å². The minimum absolute atomic E-state index is 0.162. The molecule has 0 saturated heterocycles. The van der Waals surface area contributed by atoms with Gasteiger partial charge in [-0.25, -0.2) is 4.79 Å². The van der Waals surface area contributed by atoms with Crippen LogP contribution in [0.3, 0.4) is 0 Å². The second-order valence-electron chi connectivity index (χ2n) is 7.03. The predicted octanol–water partition coefficient (Wildman–Crippen LogP) is 6.88. The first-order valence-electron chi connectivity index (χ1n) is 9.12. The Morgan fingerprint density at radius 1 is 0.757 bits per heavy atom. The molecule has 1 aromatic heterocycles. The van der Waals surface area contributed by atoms with E-state index in [1.165, 1.54) is 30.3 Å². The van der Waals surface area contributed by atoms with Crippen LogP contribution in [0, 0.1) is 0 Å². The number of esters is 1. The molecule has 0 spiro atoms. The Balaban J connectivity index is 2.54. The molecule has 37 heavy (non-hydrogen) atoms. The maximum atomic E-state index is 14.1. The Morgan fingerprint density at radius 2 is 1.24 bits per heavy atom. The molecule has 2 rings (SSSR count). The number of nitrogens with one attached hydrogen (secondary N) is 1. The molecule has 1 aromatic carbocycles. The first kappa shape index (κ1) is 30.2. The summed E-state index contributed by atoms with van der Waals surface area (Å²) >= 11 is 0.175. The van der Waals surface area contributed by atoms with Gasteiger partial charge in [0.2, 0.25) is 0 Å². The lowest BCUT2D eigenvalue weighted by atomic mass is 9.93. The number of carbonyl (C=O) groups excluding carboxylic acids is 2. The fourth-order valence-electron chi connectivity index (χ4n) is 2.68. The fourth-order valence-corrected chi connectivity index (χ4v) is 3.63. The molecule has 4 nitrogen and oxygen atoms in total. The number of alkyl halides is 13. The summed E-state index contributed by atoms with van der Waals surface area (Å²) in [5.41, 5.74) is -0.784. The van der Waals surface area contributed by atoms with E-state index in [1.807, 2.05) is 0 Å². The number of methoxy groups -OCH3 is 1. The van der Waals surface area contributed by atoms with E-state index in [0.29, 0.717) is 0 Å². The van der Waals surface area contributed by atoms with Crippen molar-refractivity contribution in [1.29, 1.82) is 0 Å². The van der Waals surface area contributed by atoms with Gasteiger partial charge < -0.3 is 10.1 Å². The van der Waals surface area contributed by atoms with Crippen LogP contribution in [0.5, 0.6) is 0 Å². The van der Waals surface area contributed by atoms with Crippen molar-refractivity contribution in [3.05, 3.63) is 41.3 Å². The van der Waals surface area contributed by atoms with Crippen molar-refractivity contribution >= 4 is 28.2 Å². The number of benzene rings is 1. The molecule has 1 N–H and O–H groups in total. The van der Waals surface area contributed by atoms with E-state index in [2.05, 4.69) is 4.74 Å². The van der Waals surface area contributed by atoms with Gasteiger partial charge in [0.1, 0.15) is 10.6 Å². The lowest BCUT2D eigenvalue weighted by Crippen LogP contribution is -2.71. The molecule has 1 amide bonds. The van der Waals surface area contributed by atoms with Gasteiger partial charge in [0.15, 0.2) is 0 Å². The summed E-state index contributed by atoms with van der Waals surface area (Å²) in [6, 6.07) is 7.01. The van der Waals surface area contributed by atoms with Crippen molar-refractivity contribution in [3.63, 3.8) is 0 Å². The normalized spacial score (nSPS) is 13.9. The summed E-state index contributed by atoms with van der Waals surface area (Å²) in [5, 5.41) is 0.848. The SMILES string of the molecule is COC(=O)c1c(-c2ccccc2)csc1NC(=O)C(F)(F)C(F)(F)C(F)(F)C(F)(F)C(F)(F)C(F)(F)F. The highest BCUT2D eigenvalue weighted by Gasteiger charge is 2.91. The number of hydrogen-bond acceptors (Lipinski definition) is 4. The zero-order chi connectivity index (χ0) is 28.8. The molecular weight excluding hydrogens is 569 g/mol. The Hall–Kier alpha value is -3.05. The largest absolute Gasteiger partial charge is 0.465 e. The molecule has 1 heterocycles. The first-order chi connectivity index (χ1) is 16.6. The summed E-state index contributed by atoms with van der Waals surface area (Å²) in [6.07, 6.45) is -7.58. The molecule has 0 atom stereocenters. The first-order valence-corrected chi connectivity index (χ1v) is 10.00. The standard InChI is InChI=1S/C19H10F13NO3S/c1-36-12(34)10-9(8-5-3-2-4-6-8)7-37-11(10)33-13(35)14(20,21)15(22,23)16(24,25)17(26,27)18(28,29)19(30,31)32/h2-7H,1H3,(H,33,35). The summed E-state index contributed by atoms with van der Waals surface area (Å²) in [5.74, 6) is -43.9. The van der Waals surface area contributed by atoms with Crippen LogP contribution >= 0.6 is 11.3 Å². The molecule has 0 aliphatic rings. The van der Waals surface area contributed by atoms with Crippen molar-refractivity contribution in [3.8, 4) is 11.1 Å². The predicted molar refractivity (Wildman–Crippen MR) is 101 cm³/mol. The molecule has 206 valence electrons. The highest BCUT2D eigenvalue weighted by Crippen LogP contribution is 2.60. The second kappa shape index (κ2) is 9.36. The van der Waals surface area contributed by atoms with Crippen molar-refractivity contribution in [2.24, 2.45) is 0 Å². The number of carbonyl (C=O) groups is 2. The maximum absolute atomic E-state index is 14.1. The molecule has 0 aliphatic carbocycles. The topological polar surface area (TPSA) is 55.4 Å². The third kappa shape index (κ3) is 4.59. The van der Waals surface area contributed by atoms with Crippen molar-refractivity contribution < 1.29 is 71.4 Å². The Labute approximate surface area is 201 Å². The Bertz CT molecular complexity index is 1160. The molecular formula is C19H10F13NO3S. The second-order valence-corrected chi connectivity index (χ2v) is 7.91. The molecule has 0 unspecified atom stereocenters. The summed E-state index contributed by atoms with van der Waals surface area (Å²) in [6.45, 7) is 0. The number of thiophene rings is 1. The van der Waals surface area contributed by atoms with E-state index in [9.17, 15) is 66.7 Å². The van der Waals surface area contributed by atoms with Gasteiger partial charge in [0, 0.05) is 10.9 Å². The van der Waals surface area contributed by atoms with Gasteiger partial charge >= 0.3 is 47.7 Å². The van der Waals surface area contributed by atoms with Gasteiger partial charge in [-0.2, -0.15) is 57.1 Å². The fraction of sp³-hybridized carbons (Fsp3) is 0.368. The van der Waals surface area contributed by atoms with Crippen LogP contribution in [-0.2, 0) is 9.53 Å². The van der Waals surface area contributed by atoms with E-state index in [0.717, 1.165) is 17.8 Å². The minimum atomic E-state index is -8.15. The molecule has 2 aromatic rings. The van der Waals surface area contributed by atoms with E-state index >= 15 is 0 Å². The number of ether oxygens (including phenoxy) is 1. The number of amides is 1. The Morgan fingerprint density at radius 3 is 1.70 bits per heavy atom. The van der Waals surface area contributed by atoms with Crippen LogP contribution in [0.1, 0.15) is 10.4 Å². The van der Waals surface area contributed by atoms with E-state index in [-0.39, 0.29) is 22.5 Å². The Kier molecular flexibility index (Phi) is 7.63. The lowest BCUT2D eigenvalue weighted by molar-refractivity contribution is -0.435. The van der Waals surface area contributed by atoms with Crippen LogP contribution in [0.15, 0.2) is 35.7 Å². The average molecular weight is 579 g/mol. The summed E-state index contributed by atoms with van der Waals surface area (Å²) in [7, 11) is 0.757. The monoisotopic (exact) mass is 579 g/mol. The number of rotatable bonds is 8. The highest BCUT2D eigenvalue weighted by atomic mass is 32.1. The van der Waals surface area contributed by atoms with E-state index in [1.54, 1.807) is 0 Å². The van der Waals surface area contributed by atoms with Crippen LogP contribution in [0.25, 0.3) is 11.1 Å². The summed E-state index contributed by atoms with van der Waals surface area (Å²) < 4.78 is 177. The average Bonchev–Trinajstić information content (AvgIpc) is 3.21. The van der Waals surface area contributed by atoms with Gasteiger partial charge in [0.25, 0.3) is 0 Å². The number of halogens is 13. The molecule has 0 aliphatic heterocycles. The number of hydrogen-bond donors (Lipinski definition) is 1. The van der Waals surface area contributed by atoms with Crippen molar-refractivity contribution in [2.75, 3.05) is 12.4 Å². The lowest BCUT2D eigenvalue weighted by Gasteiger charge is -2.39. The van der Waals surface area contributed by atoms with Crippen LogP contribution in [0.2, 0.25) is 0 Å². The van der Waals surface area contributed by atoms with Gasteiger partial charge in [-0.1, -0.05) is 30.3 Å². The molecule has 0 radical (unpaired) electrons. The zero-order valence-electron chi connectivity index (χ0n) is 17.5. The van der Waals surface area contributed by atoms with Crippen LogP contribution in [0.4, 0.5) is 62.1 Å². The third-order valence-corrected chi connectivity index (χ3v) is 5.61. The molecule has 0 bridgehead atoms. The maximum Gasteiger partial charge on any atom is 0.460 e. The number of anilines is 1. The summed E-state index contributed by atoms with van der Waals surface area (Å²) in [4.78, 5) is 23.9. The van der Waals surface area contributed by atoms with Gasteiger partial charge in [-0.3, -0.25) is 4.79 Å². The van der Waals surface area contributed by atoms with Gasteiger partial charge in [-0.15, -0.1) is 11.3 Å². The van der Waals surface area contributed by atoms with Crippen LogP contribution < -0.4 is 5.32 Å². The quantitative estimate of drug-likeness (QED) is 0.274. The van der Waals surface area contributed by atoms with Gasteiger partial charge in [-0.05, 0) is 5.56 Å². The van der Waals surface area contributed by atoms with Crippen molar-refractivity contribution in [1.82, 2.24) is 0 Å².